The van der Waals surface area contributed by atoms with Gasteiger partial charge in [0.1, 0.15) is 11.6 Å². The monoisotopic (exact) mass is 443 g/mol. The number of amides is 3. The second-order valence-electron chi connectivity index (χ2n) is 11.5. The molecule has 3 amide bonds. The van der Waals surface area contributed by atoms with Gasteiger partial charge in [-0.25, -0.2) is 0 Å². The van der Waals surface area contributed by atoms with E-state index in [0.29, 0.717) is 0 Å². The van der Waals surface area contributed by atoms with Crippen LogP contribution in [0.2, 0.25) is 0 Å². The summed E-state index contributed by atoms with van der Waals surface area (Å²) in [5.41, 5.74) is -1.47. The van der Waals surface area contributed by atoms with Crippen LogP contribution in [0.25, 0.3) is 0 Å². The average molecular weight is 444 g/mol. The zero-order valence-corrected chi connectivity index (χ0v) is 19.6. The molecule has 0 radical (unpaired) electrons. The lowest BCUT2D eigenvalue weighted by Gasteiger charge is -2.37. The Labute approximate surface area is 190 Å². The molecule has 2 saturated heterocycles. The molecule has 4 fully saturated rings. The number of ether oxygens (including phenoxy) is 1. The highest BCUT2D eigenvalue weighted by Gasteiger charge is 2.73. The van der Waals surface area contributed by atoms with Gasteiger partial charge in [-0.2, -0.15) is 0 Å². The Balaban J connectivity index is 1.46. The quantitative estimate of drug-likeness (QED) is 0.654. The van der Waals surface area contributed by atoms with E-state index in [1.54, 1.807) is 4.90 Å². The van der Waals surface area contributed by atoms with Gasteiger partial charge in [-0.15, -0.1) is 0 Å². The molecular formula is C25H37N3O4. The van der Waals surface area contributed by atoms with Crippen LogP contribution < -0.4 is 10.6 Å². The normalized spacial score (nSPS) is 37.2. The molecule has 0 aromatic rings. The van der Waals surface area contributed by atoms with Crippen LogP contribution in [-0.2, 0) is 19.1 Å². The van der Waals surface area contributed by atoms with Crippen LogP contribution in [0, 0.1) is 11.8 Å². The number of carbonyl (C=O) groups excluding carboxylic acids is 3. The van der Waals surface area contributed by atoms with Crippen LogP contribution in [0.5, 0.6) is 0 Å². The van der Waals surface area contributed by atoms with Crippen molar-refractivity contribution in [2.24, 2.45) is 11.8 Å². The van der Waals surface area contributed by atoms with Gasteiger partial charge in [0.25, 0.3) is 0 Å². The van der Waals surface area contributed by atoms with Gasteiger partial charge >= 0.3 is 0 Å². The van der Waals surface area contributed by atoms with E-state index in [2.05, 4.69) is 10.6 Å². The standard InChI is InChI=1S/C25H37N3O4/c1-24(2,3)27-22(30)20-25-14-13-17(32-25)18(21(29)26-15-9-5-4-6-10-15)19(25)23(31)28(20)16-11-7-8-12-16/h13-20H,4-12H2,1-3H3,(H,26,29)(H,27,30). The van der Waals surface area contributed by atoms with Crippen molar-refractivity contribution < 1.29 is 19.1 Å². The third-order valence-electron chi connectivity index (χ3n) is 8.03. The number of fused-ring (bicyclic) bond motifs is 1. The highest BCUT2D eigenvalue weighted by molar-refractivity contribution is 6.00. The Kier molecular flexibility index (Phi) is 5.38. The van der Waals surface area contributed by atoms with Gasteiger partial charge < -0.3 is 20.3 Å². The maximum absolute atomic E-state index is 13.9. The Hall–Kier alpha value is -1.89. The minimum Gasteiger partial charge on any atom is -0.359 e. The fourth-order valence-corrected chi connectivity index (χ4v) is 6.76. The molecule has 2 saturated carbocycles. The predicted molar refractivity (Wildman–Crippen MR) is 120 cm³/mol. The van der Waals surface area contributed by atoms with Crippen LogP contribution in [-0.4, -0.2) is 58.0 Å². The predicted octanol–water partition coefficient (Wildman–Crippen LogP) is 2.44. The van der Waals surface area contributed by atoms with E-state index in [1.165, 1.54) is 6.42 Å². The number of carbonyl (C=O) groups is 3. The Bertz CT molecular complexity index is 822. The molecular weight excluding hydrogens is 406 g/mol. The first kappa shape index (κ1) is 21.9. The summed E-state index contributed by atoms with van der Waals surface area (Å²) in [6.45, 7) is 5.83. The van der Waals surface area contributed by atoms with Crippen molar-refractivity contribution in [1.29, 1.82) is 0 Å². The molecule has 2 aliphatic carbocycles. The highest BCUT2D eigenvalue weighted by Crippen LogP contribution is 2.56. The van der Waals surface area contributed by atoms with Gasteiger partial charge in [0, 0.05) is 17.6 Å². The Morgan fingerprint density at radius 2 is 1.69 bits per heavy atom. The van der Waals surface area contributed by atoms with E-state index >= 15 is 0 Å². The van der Waals surface area contributed by atoms with Gasteiger partial charge in [-0.3, -0.25) is 14.4 Å². The molecule has 176 valence electrons. The lowest BCUT2D eigenvalue weighted by molar-refractivity contribution is -0.144. The van der Waals surface area contributed by atoms with E-state index in [4.69, 9.17) is 4.74 Å². The number of hydrogen-bond acceptors (Lipinski definition) is 4. The summed E-state index contributed by atoms with van der Waals surface area (Å²) in [5.74, 6) is -1.54. The molecule has 3 heterocycles. The lowest BCUT2D eigenvalue weighted by atomic mass is 9.74. The van der Waals surface area contributed by atoms with Crippen molar-refractivity contribution in [2.45, 2.75) is 114 Å². The van der Waals surface area contributed by atoms with Gasteiger partial charge in [0.15, 0.2) is 0 Å². The summed E-state index contributed by atoms with van der Waals surface area (Å²) < 4.78 is 6.42. The molecule has 5 unspecified atom stereocenters. The van der Waals surface area contributed by atoms with Crippen LogP contribution in [0.3, 0.4) is 0 Å². The molecule has 0 aromatic carbocycles. The number of nitrogens with zero attached hydrogens (tertiary/aromatic N) is 1. The summed E-state index contributed by atoms with van der Waals surface area (Å²) in [7, 11) is 0. The van der Waals surface area contributed by atoms with E-state index in [-0.39, 0.29) is 29.8 Å². The summed E-state index contributed by atoms with van der Waals surface area (Å²) in [6, 6.07) is -0.509. The molecule has 2 N–H and O–H groups in total. The van der Waals surface area contributed by atoms with E-state index in [0.717, 1.165) is 51.4 Å². The van der Waals surface area contributed by atoms with Crippen LogP contribution in [0.15, 0.2) is 12.2 Å². The third-order valence-corrected chi connectivity index (χ3v) is 8.03. The minimum absolute atomic E-state index is 0.0382. The average Bonchev–Trinajstić information content (AvgIpc) is 3.48. The molecule has 5 aliphatic rings. The van der Waals surface area contributed by atoms with Crippen molar-refractivity contribution in [3.8, 4) is 0 Å². The third kappa shape index (κ3) is 3.47. The first-order valence-electron chi connectivity index (χ1n) is 12.5. The SMILES string of the molecule is CC(C)(C)NC(=O)C1N(C2CCCC2)C(=O)C2C(C(=O)NC3CCCCC3)C3C=CC21O3. The maximum Gasteiger partial charge on any atom is 0.246 e. The first-order valence-corrected chi connectivity index (χ1v) is 12.5. The van der Waals surface area contributed by atoms with Gasteiger partial charge in [-0.1, -0.05) is 44.3 Å². The second-order valence-corrected chi connectivity index (χ2v) is 11.5. The molecule has 0 aromatic heterocycles. The molecule has 1 spiro atoms. The minimum atomic E-state index is -1.05. The fraction of sp³-hybridized carbons (Fsp3) is 0.800. The van der Waals surface area contributed by atoms with E-state index in [9.17, 15) is 14.4 Å². The van der Waals surface area contributed by atoms with Gasteiger partial charge in [0.2, 0.25) is 17.7 Å². The van der Waals surface area contributed by atoms with Crippen molar-refractivity contribution in [1.82, 2.24) is 15.5 Å². The fourth-order valence-electron chi connectivity index (χ4n) is 6.76. The first-order chi connectivity index (χ1) is 15.2. The highest BCUT2D eigenvalue weighted by atomic mass is 16.5. The zero-order valence-electron chi connectivity index (χ0n) is 19.6. The van der Waals surface area contributed by atoms with Crippen molar-refractivity contribution in [2.75, 3.05) is 0 Å². The second kappa shape index (κ2) is 7.86. The van der Waals surface area contributed by atoms with Crippen molar-refractivity contribution in [3.63, 3.8) is 0 Å². The zero-order chi connectivity index (χ0) is 22.7. The van der Waals surface area contributed by atoms with Crippen molar-refractivity contribution in [3.05, 3.63) is 12.2 Å². The van der Waals surface area contributed by atoms with Crippen LogP contribution in [0.4, 0.5) is 0 Å². The smallest absolute Gasteiger partial charge is 0.246 e. The molecule has 7 heteroatoms. The Morgan fingerprint density at radius 1 is 1.03 bits per heavy atom. The number of likely N-dealkylation sites (tertiary alicyclic amines) is 1. The summed E-state index contributed by atoms with van der Waals surface area (Å²) >= 11 is 0. The maximum atomic E-state index is 13.9. The van der Waals surface area contributed by atoms with Crippen LogP contribution in [0.1, 0.15) is 78.6 Å². The summed E-state index contributed by atoms with van der Waals surface area (Å²) in [5, 5.41) is 6.31. The molecule has 5 rings (SSSR count). The molecule has 2 bridgehead atoms. The van der Waals surface area contributed by atoms with E-state index < -0.39 is 35.1 Å². The summed E-state index contributed by atoms with van der Waals surface area (Å²) in [6.07, 6.45) is 12.8. The lowest BCUT2D eigenvalue weighted by Crippen LogP contribution is -2.59. The topological polar surface area (TPSA) is 87.7 Å². The van der Waals surface area contributed by atoms with Gasteiger partial charge in [-0.05, 0) is 46.5 Å². The van der Waals surface area contributed by atoms with Crippen LogP contribution >= 0.6 is 0 Å². The Morgan fingerprint density at radius 3 is 2.34 bits per heavy atom. The largest absolute Gasteiger partial charge is 0.359 e. The molecule has 7 nitrogen and oxygen atoms in total. The van der Waals surface area contributed by atoms with Crippen molar-refractivity contribution >= 4 is 17.7 Å². The molecule has 3 aliphatic heterocycles. The molecule has 5 atom stereocenters. The number of rotatable bonds is 4. The van der Waals surface area contributed by atoms with Gasteiger partial charge in [0.05, 0.1) is 17.9 Å². The molecule has 32 heavy (non-hydrogen) atoms. The van der Waals surface area contributed by atoms with E-state index in [1.807, 2.05) is 32.9 Å². The number of nitrogens with one attached hydrogen (secondary N) is 2. The summed E-state index contributed by atoms with van der Waals surface area (Å²) in [4.78, 5) is 42.7. The number of hydrogen-bond donors (Lipinski definition) is 2.